The summed E-state index contributed by atoms with van der Waals surface area (Å²) in [5.74, 6) is 0.629. The van der Waals surface area contributed by atoms with Gasteiger partial charge in [0, 0.05) is 0 Å². The number of esters is 1. The minimum atomic E-state index is -0.212. The van der Waals surface area contributed by atoms with Gasteiger partial charge < -0.3 is 4.74 Å². The Labute approximate surface area is 73.3 Å². The van der Waals surface area contributed by atoms with Gasteiger partial charge in [-0.3, -0.25) is 4.79 Å². The molecule has 2 nitrogen and oxygen atoms in total. The van der Waals surface area contributed by atoms with Gasteiger partial charge in [-0.25, -0.2) is 0 Å². The molecular weight excluding hydrogens is 152 g/mol. The van der Waals surface area contributed by atoms with Crippen molar-refractivity contribution in [3.8, 4) is 0 Å². The van der Waals surface area contributed by atoms with E-state index in [2.05, 4.69) is 20.8 Å². The molecule has 1 aliphatic carbocycles. The number of cyclic esters (lactones) is 1. The molecule has 2 aliphatic rings. The van der Waals surface area contributed by atoms with Crippen LogP contribution in [0.4, 0.5) is 0 Å². The van der Waals surface area contributed by atoms with Crippen LogP contribution in [0, 0.1) is 16.7 Å². The van der Waals surface area contributed by atoms with E-state index in [1.54, 1.807) is 0 Å². The van der Waals surface area contributed by atoms with Crippen LogP contribution in [0.2, 0.25) is 0 Å². The lowest BCUT2D eigenvalue weighted by atomic mass is 9.69. The average molecular weight is 168 g/mol. The molecule has 2 bridgehead atoms. The van der Waals surface area contributed by atoms with Gasteiger partial charge in [-0.05, 0) is 31.1 Å². The summed E-state index contributed by atoms with van der Waals surface area (Å²) in [4.78, 5) is 11.6. The normalized spacial score (nSPS) is 44.2. The Kier molecular flexibility index (Phi) is 1.37. The predicted molar refractivity (Wildman–Crippen MR) is 45.6 cm³/mol. The number of carbonyl (C=O) groups is 1. The molecule has 0 radical (unpaired) electrons. The Hall–Kier alpha value is -0.530. The molecule has 0 N–H and O–H groups in total. The van der Waals surface area contributed by atoms with Crippen LogP contribution in [0.15, 0.2) is 0 Å². The lowest BCUT2D eigenvalue weighted by Crippen LogP contribution is -2.40. The highest BCUT2D eigenvalue weighted by molar-refractivity contribution is 5.78. The molecule has 0 spiro atoms. The summed E-state index contributed by atoms with van der Waals surface area (Å²) in [7, 11) is 0. The van der Waals surface area contributed by atoms with Gasteiger partial charge in [-0.1, -0.05) is 13.8 Å². The van der Waals surface area contributed by atoms with E-state index in [-0.39, 0.29) is 16.8 Å². The standard InChI is InChI=1S/C10H16O2/c1-9(2)4-7-5-10(9,3)8(11)12-6-7/h7H,4-6H2,1-3H3/t7-,10+/m0/s1. The fraction of sp³-hybridized carbons (Fsp3) is 0.900. The highest BCUT2D eigenvalue weighted by atomic mass is 16.5. The second kappa shape index (κ2) is 2.04. The first-order chi connectivity index (χ1) is 5.46. The van der Waals surface area contributed by atoms with Gasteiger partial charge in [0.2, 0.25) is 0 Å². The van der Waals surface area contributed by atoms with Crippen LogP contribution in [0.1, 0.15) is 33.6 Å². The van der Waals surface area contributed by atoms with E-state index in [0.29, 0.717) is 12.5 Å². The van der Waals surface area contributed by atoms with Crippen molar-refractivity contribution >= 4 is 5.97 Å². The quantitative estimate of drug-likeness (QED) is 0.517. The Balaban J connectivity index is 2.40. The lowest BCUT2D eigenvalue weighted by Gasteiger charge is -2.36. The van der Waals surface area contributed by atoms with Crippen LogP contribution in [-0.2, 0) is 9.53 Å². The molecular formula is C10H16O2. The minimum absolute atomic E-state index is 0.0150. The van der Waals surface area contributed by atoms with Crippen molar-refractivity contribution in [2.75, 3.05) is 6.61 Å². The van der Waals surface area contributed by atoms with Crippen LogP contribution < -0.4 is 0 Å². The zero-order chi connectivity index (χ0) is 8.98. The minimum Gasteiger partial charge on any atom is -0.465 e. The van der Waals surface area contributed by atoms with Gasteiger partial charge in [0.15, 0.2) is 0 Å². The van der Waals surface area contributed by atoms with Crippen molar-refractivity contribution < 1.29 is 9.53 Å². The molecule has 2 fully saturated rings. The van der Waals surface area contributed by atoms with Gasteiger partial charge in [-0.15, -0.1) is 0 Å². The fourth-order valence-corrected chi connectivity index (χ4v) is 2.70. The van der Waals surface area contributed by atoms with Crippen LogP contribution in [0.25, 0.3) is 0 Å². The third-order valence-corrected chi connectivity index (χ3v) is 3.89. The Bertz CT molecular complexity index is 232. The summed E-state index contributed by atoms with van der Waals surface area (Å²) in [6.45, 7) is 7.06. The Morgan fingerprint density at radius 1 is 1.33 bits per heavy atom. The SMILES string of the molecule is CC1(C)C[C@@H]2COC(=O)[C@@]1(C)C2. The maximum atomic E-state index is 11.6. The molecule has 1 saturated carbocycles. The molecule has 2 atom stereocenters. The van der Waals surface area contributed by atoms with Crippen molar-refractivity contribution in [1.82, 2.24) is 0 Å². The number of fused-ring (bicyclic) bond motifs is 2. The van der Waals surface area contributed by atoms with Gasteiger partial charge >= 0.3 is 5.97 Å². The summed E-state index contributed by atoms with van der Waals surface area (Å²) in [5.41, 5.74) is -0.0822. The maximum Gasteiger partial charge on any atom is 0.312 e. The monoisotopic (exact) mass is 168 g/mol. The largest absolute Gasteiger partial charge is 0.465 e. The second-order valence-corrected chi connectivity index (χ2v) is 5.09. The van der Waals surface area contributed by atoms with Crippen molar-refractivity contribution in [2.45, 2.75) is 33.6 Å². The third-order valence-electron chi connectivity index (χ3n) is 3.89. The van der Waals surface area contributed by atoms with E-state index >= 15 is 0 Å². The summed E-state index contributed by atoms with van der Waals surface area (Å²) >= 11 is 0. The smallest absolute Gasteiger partial charge is 0.312 e. The summed E-state index contributed by atoms with van der Waals surface area (Å²) in [6.07, 6.45) is 2.16. The first kappa shape index (κ1) is 8.09. The summed E-state index contributed by atoms with van der Waals surface area (Å²) < 4.78 is 5.16. The first-order valence-corrected chi connectivity index (χ1v) is 4.63. The third kappa shape index (κ3) is 0.782. The molecule has 1 saturated heterocycles. The lowest BCUT2D eigenvalue weighted by molar-refractivity contribution is -0.164. The molecule has 0 amide bonds. The molecule has 2 heteroatoms. The summed E-state index contributed by atoms with van der Waals surface area (Å²) in [5, 5.41) is 0. The molecule has 68 valence electrons. The highest BCUT2D eigenvalue weighted by Gasteiger charge is 2.57. The molecule has 0 aromatic rings. The zero-order valence-corrected chi connectivity index (χ0v) is 8.02. The molecule has 0 unspecified atom stereocenters. The van der Waals surface area contributed by atoms with Crippen LogP contribution >= 0.6 is 0 Å². The van der Waals surface area contributed by atoms with E-state index in [1.165, 1.54) is 0 Å². The van der Waals surface area contributed by atoms with E-state index in [9.17, 15) is 4.79 Å². The summed E-state index contributed by atoms with van der Waals surface area (Å²) in [6, 6.07) is 0. The molecule has 2 rings (SSSR count). The second-order valence-electron chi connectivity index (χ2n) is 5.09. The Morgan fingerprint density at radius 2 is 2.00 bits per heavy atom. The molecule has 12 heavy (non-hydrogen) atoms. The number of rotatable bonds is 0. The predicted octanol–water partition coefficient (Wildman–Crippen LogP) is 1.99. The number of hydrogen-bond acceptors (Lipinski definition) is 2. The molecule has 0 aromatic heterocycles. The number of hydrogen-bond donors (Lipinski definition) is 0. The highest BCUT2D eigenvalue weighted by Crippen LogP contribution is 2.57. The van der Waals surface area contributed by atoms with Gasteiger partial charge in [0.25, 0.3) is 0 Å². The van der Waals surface area contributed by atoms with Crippen LogP contribution in [-0.4, -0.2) is 12.6 Å². The number of ether oxygens (including phenoxy) is 1. The van der Waals surface area contributed by atoms with Crippen molar-refractivity contribution in [2.24, 2.45) is 16.7 Å². The topological polar surface area (TPSA) is 26.3 Å². The molecule has 1 aliphatic heterocycles. The first-order valence-electron chi connectivity index (χ1n) is 4.63. The van der Waals surface area contributed by atoms with Crippen molar-refractivity contribution in [1.29, 1.82) is 0 Å². The zero-order valence-electron chi connectivity index (χ0n) is 8.02. The Morgan fingerprint density at radius 3 is 2.58 bits per heavy atom. The van der Waals surface area contributed by atoms with Gasteiger partial charge in [0.05, 0.1) is 12.0 Å². The van der Waals surface area contributed by atoms with E-state index < -0.39 is 0 Å². The van der Waals surface area contributed by atoms with Crippen molar-refractivity contribution in [3.05, 3.63) is 0 Å². The maximum absolute atomic E-state index is 11.6. The van der Waals surface area contributed by atoms with E-state index in [0.717, 1.165) is 12.8 Å². The van der Waals surface area contributed by atoms with E-state index in [1.807, 2.05) is 0 Å². The van der Waals surface area contributed by atoms with Gasteiger partial charge in [-0.2, -0.15) is 0 Å². The van der Waals surface area contributed by atoms with Crippen LogP contribution in [0.3, 0.4) is 0 Å². The van der Waals surface area contributed by atoms with Crippen molar-refractivity contribution in [3.63, 3.8) is 0 Å². The fourth-order valence-electron chi connectivity index (χ4n) is 2.70. The average Bonchev–Trinajstić information content (AvgIpc) is 2.14. The van der Waals surface area contributed by atoms with Gasteiger partial charge in [0.1, 0.15) is 0 Å². The van der Waals surface area contributed by atoms with E-state index in [4.69, 9.17) is 4.74 Å². The molecule has 0 aromatic carbocycles. The molecule has 1 heterocycles. The number of carbonyl (C=O) groups excluding carboxylic acids is 1. The van der Waals surface area contributed by atoms with Crippen LogP contribution in [0.5, 0.6) is 0 Å².